The normalized spacial score (nSPS) is 10.5. The smallest absolute Gasteiger partial charge is 0.169 e. The van der Waals surface area contributed by atoms with Crippen LogP contribution in [0.15, 0.2) is 54.7 Å². The summed E-state index contributed by atoms with van der Waals surface area (Å²) >= 11 is 0. The lowest BCUT2D eigenvalue weighted by Crippen LogP contribution is -1.96. The van der Waals surface area contributed by atoms with Gasteiger partial charge < -0.3 is 15.2 Å². The van der Waals surface area contributed by atoms with E-state index in [1.54, 1.807) is 6.20 Å². The van der Waals surface area contributed by atoms with Crippen molar-refractivity contribution in [3.63, 3.8) is 0 Å². The minimum Gasteiger partial charge on any atom is -0.490 e. The van der Waals surface area contributed by atoms with Gasteiger partial charge in [-0.1, -0.05) is 12.1 Å². The number of pyridine rings is 1. The molecule has 1 aromatic heterocycles. The van der Waals surface area contributed by atoms with E-state index in [1.165, 1.54) is 0 Å². The van der Waals surface area contributed by atoms with Gasteiger partial charge in [0.15, 0.2) is 17.2 Å². The van der Waals surface area contributed by atoms with Gasteiger partial charge in [-0.2, -0.15) is 0 Å². The van der Waals surface area contributed by atoms with Crippen molar-refractivity contribution in [3.05, 3.63) is 54.7 Å². The molecule has 1 heterocycles. The SMILES string of the molecule is CCOc1ccccc1Oc1ccc(N)c2cccnc12. The first-order valence-electron chi connectivity index (χ1n) is 6.82. The Labute approximate surface area is 123 Å². The summed E-state index contributed by atoms with van der Waals surface area (Å²) in [6.45, 7) is 2.53. The van der Waals surface area contributed by atoms with Gasteiger partial charge in [-0.3, -0.25) is 4.98 Å². The van der Waals surface area contributed by atoms with Crippen LogP contribution in [-0.2, 0) is 0 Å². The highest BCUT2D eigenvalue weighted by Crippen LogP contribution is 2.35. The van der Waals surface area contributed by atoms with Gasteiger partial charge in [0.05, 0.1) is 6.61 Å². The lowest BCUT2D eigenvalue weighted by Gasteiger charge is -2.13. The Morgan fingerprint density at radius 2 is 1.76 bits per heavy atom. The highest BCUT2D eigenvalue weighted by molar-refractivity contribution is 5.94. The van der Waals surface area contributed by atoms with Gasteiger partial charge in [-0.05, 0) is 43.3 Å². The van der Waals surface area contributed by atoms with Gasteiger partial charge in [0.1, 0.15) is 5.52 Å². The average Bonchev–Trinajstić information content (AvgIpc) is 2.52. The molecule has 0 fully saturated rings. The Morgan fingerprint density at radius 3 is 2.57 bits per heavy atom. The summed E-state index contributed by atoms with van der Waals surface area (Å²) in [4.78, 5) is 4.37. The van der Waals surface area contributed by atoms with Gasteiger partial charge in [0.2, 0.25) is 0 Å². The number of para-hydroxylation sites is 2. The van der Waals surface area contributed by atoms with Crippen LogP contribution in [0.25, 0.3) is 10.9 Å². The standard InChI is InChI=1S/C17H16N2O2/c1-2-20-14-7-3-4-8-15(14)21-16-10-9-13(18)12-6-5-11-19-17(12)16/h3-11H,2,18H2,1H3. The third-order valence-corrected chi connectivity index (χ3v) is 3.14. The summed E-state index contributed by atoms with van der Waals surface area (Å²) < 4.78 is 11.6. The van der Waals surface area contributed by atoms with Gasteiger partial charge in [-0.15, -0.1) is 0 Å². The summed E-state index contributed by atoms with van der Waals surface area (Å²) in [5, 5.41) is 0.879. The quantitative estimate of drug-likeness (QED) is 0.734. The Balaban J connectivity index is 2.05. The summed E-state index contributed by atoms with van der Waals surface area (Å²) in [5.74, 6) is 2.03. The van der Waals surface area contributed by atoms with Crippen molar-refractivity contribution in [2.24, 2.45) is 0 Å². The molecule has 0 bridgehead atoms. The molecule has 2 aromatic carbocycles. The molecular formula is C17H16N2O2. The maximum Gasteiger partial charge on any atom is 0.169 e. The number of anilines is 1. The molecule has 0 radical (unpaired) electrons. The molecule has 4 heteroatoms. The van der Waals surface area contributed by atoms with Gasteiger partial charge >= 0.3 is 0 Å². The second-order valence-electron chi connectivity index (χ2n) is 4.53. The lowest BCUT2D eigenvalue weighted by molar-refractivity contribution is 0.322. The molecule has 0 saturated heterocycles. The highest BCUT2D eigenvalue weighted by atomic mass is 16.5. The van der Waals surface area contributed by atoms with Crippen LogP contribution in [-0.4, -0.2) is 11.6 Å². The van der Waals surface area contributed by atoms with E-state index < -0.39 is 0 Å². The zero-order chi connectivity index (χ0) is 14.7. The van der Waals surface area contributed by atoms with Crippen LogP contribution in [0, 0.1) is 0 Å². The second-order valence-corrected chi connectivity index (χ2v) is 4.53. The van der Waals surface area contributed by atoms with Crippen molar-refractivity contribution in [1.29, 1.82) is 0 Å². The first-order valence-corrected chi connectivity index (χ1v) is 6.82. The minimum atomic E-state index is 0.584. The first-order chi connectivity index (χ1) is 10.3. The van der Waals surface area contributed by atoms with Crippen LogP contribution in [0.1, 0.15) is 6.92 Å². The third-order valence-electron chi connectivity index (χ3n) is 3.14. The van der Waals surface area contributed by atoms with Crippen LogP contribution in [0.4, 0.5) is 5.69 Å². The predicted molar refractivity (Wildman–Crippen MR) is 83.8 cm³/mol. The zero-order valence-corrected chi connectivity index (χ0v) is 11.7. The molecular weight excluding hydrogens is 264 g/mol. The largest absolute Gasteiger partial charge is 0.490 e. The summed E-state index contributed by atoms with van der Waals surface area (Å²) in [5.41, 5.74) is 7.40. The predicted octanol–water partition coefficient (Wildman–Crippen LogP) is 4.01. The molecule has 21 heavy (non-hydrogen) atoms. The number of nitrogens with two attached hydrogens (primary N) is 1. The molecule has 0 aliphatic rings. The van der Waals surface area contributed by atoms with Crippen LogP contribution in [0.3, 0.4) is 0 Å². The number of benzene rings is 2. The molecule has 0 amide bonds. The van der Waals surface area contributed by atoms with Crippen molar-refractivity contribution >= 4 is 16.6 Å². The highest BCUT2D eigenvalue weighted by Gasteiger charge is 2.10. The van der Waals surface area contributed by atoms with Crippen molar-refractivity contribution in [1.82, 2.24) is 4.98 Å². The second kappa shape index (κ2) is 5.71. The summed E-state index contributed by atoms with van der Waals surface area (Å²) in [7, 11) is 0. The fourth-order valence-corrected chi connectivity index (χ4v) is 2.18. The van der Waals surface area contributed by atoms with Crippen LogP contribution in [0.2, 0.25) is 0 Å². The van der Waals surface area contributed by atoms with Crippen molar-refractivity contribution in [3.8, 4) is 17.2 Å². The molecule has 2 N–H and O–H groups in total. The van der Waals surface area contributed by atoms with E-state index in [1.807, 2.05) is 55.5 Å². The van der Waals surface area contributed by atoms with E-state index in [4.69, 9.17) is 15.2 Å². The van der Waals surface area contributed by atoms with Crippen LogP contribution >= 0.6 is 0 Å². The number of nitrogens with zero attached hydrogens (tertiary/aromatic N) is 1. The Hall–Kier alpha value is -2.75. The number of ether oxygens (including phenoxy) is 2. The van der Waals surface area contributed by atoms with E-state index >= 15 is 0 Å². The summed E-state index contributed by atoms with van der Waals surface area (Å²) in [6.07, 6.45) is 1.73. The van der Waals surface area contributed by atoms with E-state index in [9.17, 15) is 0 Å². The van der Waals surface area contributed by atoms with Crippen LogP contribution < -0.4 is 15.2 Å². The first kappa shape index (κ1) is 13.2. The molecule has 4 nitrogen and oxygen atoms in total. The average molecular weight is 280 g/mol. The van der Waals surface area contributed by atoms with E-state index in [0.717, 1.165) is 10.9 Å². The van der Waals surface area contributed by atoms with Crippen molar-refractivity contribution < 1.29 is 9.47 Å². The maximum absolute atomic E-state index is 5.99. The fourth-order valence-electron chi connectivity index (χ4n) is 2.18. The molecule has 0 spiro atoms. The van der Waals surface area contributed by atoms with E-state index in [0.29, 0.717) is 29.5 Å². The number of hydrogen-bond acceptors (Lipinski definition) is 4. The number of nitrogen functional groups attached to an aromatic ring is 1. The topological polar surface area (TPSA) is 57.4 Å². The van der Waals surface area contributed by atoms with Gasteiger partial charge in [0.25, 0.3) is 0 Å². The number of rotatable bonds is 4. The number of aromatic nitrogens is 1. The molecule has 0 saturated carbocycles. The summed E-state index contributed by atoms with van der Waals surface area (Å²) in [6, 6.07) is 15.0. The molecule has 0 atom stereocenters. The minimum absolute atomic E-state index is 0.584. The van der Waals surface area contributed by atoms with E-state index in [-0.39, 0.29) is 0 Å². The third kappa shape index (κ3) is 2.60. The molecule has 3 rings (SSSR count). The van der Waals surface area contributed by atoms with Gasteiger partial charge in [0, 0.05) is 17.3 Å². The monoisotopic (exact) mass is 280 g/mol. The lowest BCUT2D eigenvalue weighted by atomic mass is 10.1. The molecule has 0 aliphatic heterocycles. The van der Waals surface area contributed by atoms with Crippen molar-refractivity contribution in [2.45, 2.75) is 6.92 Å². The maximum atomic E-state index is 5.99. The van der Waals surface area contributed by atoms with Gasteiger partial charge in [-0.25, -0.2) is 0 Å². The molecule has 0 unspecified atom stereocenters. The van der Waals surface area contributed by atoms with Crippen LogP contribution in [0.5, 0.6) is 17.2 Å². The molecule has 106 valence electrons. The Kier molecular flexibility index (Phi) is 3.60. The fraction of sp³-hybridized carbons (Fsp3) is 0.118. The molecule has 0 aliphatic carbocycles. The number of fused-ring (bicyclic) bond motifs is 1. The Bertz CT molecular complexity index is 772. The zero-order valence-electron chi connectivity index (χ0n) is 11.7. The van der Waals surface area contributed by atoms with E-state index in [2.05, 4.69) is 4.98 Å². The molecule has 3 aromatic rings. The Morgan fingerprint density at radius 1 is 0.952 bits per heavy atom. The van der Waals surface area contributed by atoms with Crippen molar-refractivity contribution in [2.75, 3.05) is 12.3 Å². The number of hydrogen-bond donors (Lipinski definition) is 1.